The van der Waals surface area contributed by atoms with Crippen LogP contribution in [0.3, 0.4) is 0 Å². The van der Waals surface area contributed by atoms with Crippen LogP contribution in [0.15, 0.2) is 16.9 Å². The zero-order valence-corrected chi connectivity index (χ0v) is 6.71. The molecule has 0 aromatic carbocycles. The van der Waals surface area contributed by atoms with Gasteiger partial charge in [-0.3, -0.25) is 4.79 Å². The maximum Gasteiger partial charge on any atom is 0.264 e. The first-order valence-electron chi connectivity index (χ1n) is 4.14. The number of H-pyrrole nitrogens is 1. The molecule has 1 fully saturated rings. The molecule has 4 nitrogen and oxygen atoms in total. The van der Waals surface area contributed by atoms with Crippen molar-refractivity contribution in [2.45, 2.75) is 12.8 Å². The first-order valence-corrected chi connectivity index (χ1v) is 4.14. The van der Waals surface area contributed by atoms with Gasteiger partial charge >= 0.3 is 0 Å². The molecule has 1 aliphatic carbocycles. The van der Waals surface area contributed by atoms with Crippen LogP contribution >= 0.6 is 0 Å². The zero-order valence-electron chi connectivity index (χ0n) is 6.71. The van der Waals surface area contributed by atoms with Gasteiger partial charge in [-0.2, -0.15) is 5.10 Å². The molecule has 64 valence electrons. The van der Waals surface area contributed by atoms with E-state index in [2.05, 4.69) is 15.5 Å². The Kier molecular flexibility index (Phi) is 1.81. The second kappa shape index (κ2) is 2.97. The minimum atomic E-state index is -0.160. The minimum Gasteiger partial charge on any atom is -0.368 e. The fourth-order valence-electron chi connectivity index (χ4n) is 1.01. The highest BCUT2D eigenvalue weighted by Gasteiger charge is 2.20. The SMILES string of the molecule is O=c1ccc(NCC2CC2)n[nH]1. The summed E-state index contributed by atoms with van der Waals surface area (Å²) in [7, 11) is 0. The third kappa shape index (κ3) is 1.84. The van der Waals surface area contributed by atoms with Gasteiger partial charge in [0.15, 0.2) is 0 Å². The van der Waals surface area contributed by atoms with Crippen LogP contribution in [-0.4, -0.2) is 16.7 Å². The lowest BCUT2D eigenvalue weighted by molar-refractivity contribution is 0.869. The number of hydrogen-bond donors (Lipinski definition) is 2. The number of rotatable bonds is 3. The fraction of sp³-hybridized carbons (Fsp3) is 0.500. The lowest BCUT2D eigenvalue weighted by Crippen LogP contribution is -2.10. The van der Waals surface area contributed by atoms with Crippen LogP contribution in [-0.2, 0) is 0 Å². The van der Waals surface area contributed by atoms with E-state index >= 15 is 0 Å². The predicted octanol–water partition coefficient (Wildman–Crippen LogP) is 0.592. The molecule has 0 saturated heterocycles. The fourth-order valence-corrected chi connectivity index (χ4v) is 1.01. The Labute approximate surface area is 70.0 Å². The van der Waals surface area contributed by atoms with E-state index in [1.54, 1.807) is 6.07 Å². The van der Waals surface area contributed by atoms with Gasteiger partial charge in [0, 0.05) is 12.6 Å². The van der Waals surface area contributed by atoms with Crippen molar-refractivity contribution in [1.29, 1.82) is 0 Å². The van der Waals surface area contributed by atoms with Crippen molar-refractivity contribution < 1.29 is 0 Å². The number of hydrogen-bond acceptors (Lipinski definition) is 3. The highest BCUT2D eigenvalue weighted by Crippen LogP contribution is 2.28. The quantitative estimate of drug-likeness (QED) is 0.689. The summed E-state index contributed by atoms with van der Waals surface area (Å²) in [6.07, 6.45) is 2.63. The first-order chi connectivity index (χ1) is 5.84. The van der Waals surface area contributed by atoms with Gasteiger partial charge in [0.05, 0.1) is 0 Å². The molecule has 0 amide bonds. The number of anilines is 1. The average Bonchev–Trinajstić information content (AvgIpc) is 2.87. The second-order valence-electron chi connectivity index (χ2n) is 3.13. The van der Waals surface area contributed by atoms with E-state index in [1.165, 1.54) is 18.9 Å². The van der Waals surface area contributed by atoms with Crippen molar-refractivity contribution in [3.63, 3.8) is 0 Å². The summed E-state index contributed by atoms with van der Waals surface area (Å²) >= 11 is 0. The summed E-state index contributed by atoms with van der Waals surface area (Å²) in [5.74, 6) is 1.57. The summed E-state index contributed by atoms with van der Waals surface area (Å²) in [5, 5.41) is 9.36. The van der Waals surface area contributed by atoms with E-state index in [1.807, 2.05) is 0 Å². The van der Waals surface area contributed by atoms with Crippen molar-refractivity contribution in [3.8, 4) is 0 Å². The van der Waals surface area contributed by atoms with Crippen LogP contribution in [0.4, 0.5) is 5.82 Å². The molecule has 2 N–H and O–H groups in total. The largest absolute Gasteiger partial charge is 0.368 e. The van der Waals surface area contributed by atoms with Crippen molar-refractivity contribution in [3.05, 3.63) is 22.5 Å². The topological polar surface area (TPSA) is 57.8 Å². The molecule has 4 heteroatoms. The van der Waals surface area contributed by atoms with Crippen LogP contribution in [0.25, 0.3) is 0 Å². The Hall–Kier alpha value is -1.32. The van der Waals surface area contributed by atoms with E-state index in [-0.39, 0.29) is 5.56 Å². The molecule has 0 aliphatic heterocycles. The van der Waals surface area contributed by atoms with Crippen LogP contribution in [0.2, 0.25) is 0 Å². The van der Waals surface area contributed by atoms with Crippen LogP contribution in [0, 0.1) is 5.92 Å². The molecule has 1 aromatic rings. The highest BCUT2D eigenvalue weighted by atomic mass is 16.1. The molecule has 0 bridgehead atoms. The average molecular weight is 165 g/mol. The van der Waals surface area contributed by atoms with E-state index < -0.39 is 0 Å². The van der Waals surface area contributed by atoms with Gasteiger partial charge in [-0.15, -0.1) is 0 Å². The van der Waals surface area contributed by atoms with Gasteiger partial charge in [-0.1, -0.05) is 0 Å². The third-order valence-electron chi connectivity index (χ3n) is 1.95. The molecule has 0 radical (unpaired) electrons. The van der Waals surface area contributed by atoms with Crippen LogP contribution < -0.4 is 10.9 Å². The maximum atomic E-state index is 10.6. The van der Waals surface area contributed by atoms with Gasteiger partial charge < -0.3 is 5.32 Å². The van der Waals surface area contributed by atoms with Crippen molar-refractivity contribution in [2.75, 3.05) is 11.9 Å². The Morgan fingerprint density at radius 1 is 1.58 bits per heavy atom. The summed E-state index contributed by atoms with van der Waals surface area (Å²) in [6, 6.07) is 3.17. The van der Waals surface area contributed by atoms with Crippen LogP contribution in [0.5, 0.6) is 0 Å². The third-order valence-corrected chi connectivity index (χ3v) is 1.95. The second-order valence-corrected chi connectivity index (χ2v) is 3.13. The van der Waals surface area contributed by atoms with E-state index in [9.17, 15) is 4.79 Å². The predicted molar refractivity (Wildman–Crippen MR) is 46.1 cm³/mol. The van der Waals surface area contributed by atoms with Crippen molar-refractivity contribution in [2.24, 2.45) is 5.92 Å². The molecule has 12 heavy (non-hydrogen) atoms. The Morgan fingerprint density at radius 3 is 3.00 bits per heavy atom. The molecular weight excluding hydrogens is 154 g/mol. The smallest absolute Gasteiger partial charge is 0.264 e. The zero-order chi connectivity index (χ0) is 8.39. The Bertz CT molecular complexity index is 296. The van der Waals surface area contributed by atoms with Gasteiger partial charge in [0.25, 0.3) is 5.56 Å². The number of aromatic amines is 1. The molecule has 0 unspecified atom stereocenters. The summed E-state index contributed by atoms with van der Waals surface area (Å²) in [6.45, 7) is 0.971. The van der Waals surface area contributed by atoms with Gasteiger partial charge in [0.1, 0.15) is 5.82 Å². The number of nitrogens with one attached hydrogen (secondary N) is 2. The van der Waals surface area contributed by atoms with E-state index in [0.717, 1.165) is 18.3 Å². The van der Waals surface area contributed by atoms with Crippen molar-refractivity contribution in [1.82, 2.24) is 10.2 Å². The van der Waals surface area contributed by atoms with Gasteiger partial charge in [-0.25, -0.2) is 5.10 Å². The monoisotopic (exact) mass is 165 g/mol. The number of nitrogens with zero attached hydrogens (tertiary/aromatic N) is 1. The standard InChI is InChI=1S/C8H11N3O/c12-8-4-3-7(10-11-8)9-5-6-1-2-6/h3-4,6H,1-2,5H2,(H,9,10)(H,11,12). The van der Waals surface area contributed by atoms with E-state index in [0.29, 0.717) is 0 Å². The molecule has 1 heterocycles. The Morgan fingerprint density at radius 2 is 2.42 bits per heavy atom. The molecule has 1 saturated carbocycles. The minimum absolute atomic E-state index is 0.160. The van der Waals surface area contributed by atoms with Gasteiger partial charge in [-0.05, 0) is 24.8 Å². The molecular formula is C8H11N3O. The lowest BCUT2D eigenvalue weighted by Gasteiger charge is -2.01. The molecule has 0 atom stereocenters. The summed E-state index contributed by atoms with van der Waals surface area (Å²) in [5.41, 5.74) is -0.160. The molecule has 1 aromatic heterocycles. The van der Waals surface area contributed by atoms with Crippen LogP contribution in [0.1, 0.15) is 12.8 Å². The maximum absolute atomic E-state index is 10.6. The molecule has 2 rings (SSSR count). The van der Waals surface area contributed by atoms with Crippen molar-refractivity contribution >= 4 is 5.82 Å². The first kappa shape index (κ1) is 7.34. The lowest BCUT2D eigenvalue weighted by atomic mass is 10.4. The summed E-state index contributed by atoms with van der Waals surface area (Å²) in [4.78, 5) is 10.6. The van der Waals surface area contributed by atoms with Gasteiger partial charge in [0.2, 0.25) is 0 Å². The number of aromatic nitrogens is 2. The molecule has 0 spiro atoms. The van der Waals surface area contributed by atoms with E-state index in [4.69, 9.17) is 0 Å². The molecule has 1 aliphatic rings. The summed E-state index contributed by atoms with van der Waals surface area (Å²) < 4.78 is 0. The normalized spacial score (nSPS) is 16.0. The Balaban J connectivity index is 1.93. The highest BCUT2D eigenvalue weighted by molar-refractivity contribution is 5.31.